The van der Waals surface area contributed by atoms with Crippen molar-refractivity contribution in [1.29, 1.82) is 0 Å². The molecule has 0 saturated carbocycles. The first-order chi connectivity index (χ1) is 18.1. The molecule has 2 nitrogen and oxygen atoms in total. The van der Waals surface area contributed by atoms with E-state index in [1.807, 2.05) is 12.1 Å². The second kappa shape index (κ2) is 7.74. The van der Waals surface area contributed by atoms with E-state index in [0.717, 1.165) is 39.6 Å². The molecule has 200 valence electrons. The van der Waals surface area contributed by atoms with Crippen LogP contribution in [0.5, 0.6) is 0 Å². The lowest BCUT2D eigenvalue weighted by Crippen LogP contribution is -2.25. The first-order valence-electron chi connectivity index (χ1n) is 12.8. The Morgan fingerprint density at radius 3 is 1.97 bits per heavy atom. The maximum absolute atomic E-state index is 15.2. The summed E-state index contributed by atoms with van der Waals surface area (Å²) in [5.74, 6) is -3.25. The van der Waals surface area contributed by atoms with E-state index in [2.05, 4.69) is 50.9 Å². The number of hydrogen-bond donors (Lipinski definition) is 0. The predicted octanol–water partition coefficient (Wildman–Crippen LogP) is 8.71. The number of hydrogen-bond acceptors (Lipinski definition) is 2. The van der Waals surface area contributed by atoms with Crippen molar-refractivity contribution in [3.8, 4) is 22.5 Å². The molecule has 0 aliphatic heterocycles. The Hall–Kier alpha value is -3.61. The maximum atomic E-state index is 15.2. The number of nitrogens with zero attached hydrogens (tertiary/aromatic N) is 2. The van der Waals surface area contributed by atoms with Crippen LogP contribution in [0.15, 0.2) is 54.7 Å². The Bertz CT molecular complexity index is 1700. The van der Waals surface area contributed by atoms with Gasteiger partial charge in [-0.2, -0.15) is 13.2 Å². The number of fused-ring (bicyclic) bond motifs is 6. The largest absolute Gasteiger partial charge is 0.422 e. The van der Waals surface area contributed by atoms with Crippen LogP contribution in [0, 0.1) is 11.6 Å². The van der Waals surface area contributed by atoms with Crippen LogP contribution in [0.25, 0.3) is 22.5 Å². The molecule has 39 heavy (non-hydrogen) atoms. The molecule has 2 aromatic carbocycles. The summed E-state index contributed by atoms with van der Waals surface area (Å²) in [6.07, 6.45) is -3.38. The average Bonchev–Trinajstić information content (AvgIpc) is 3.21. The molecule has 0 unspecified atom stereocenters. The van der Waals surface area contributed by atoms with Crippen LogP contribution < -0.4 is 0 Å². The summed E-state index contributed by atoms with van der Waals surface area (Å²) in [7, 11) is 0. The van der Waals surface area contributed by atoms with E-state index in [-0.39, 0.29) is 16.4 Å². The average molecular weight is 535 g/mol. The molecular weight excluding hydrogens is 507 g/mol. The van der Waals surface area contributed by atoms with Gasteiger partial charge in [0, 0.05) is 39.1 Å². The summed E-state index contributed by atoms with van der Waals surface area (Å²) in [6, 6.07) is 13.8. The molecule has 0 saturated heterocycles. The normalized spacial score (nSPS) is 16.5. The minimum absolute atomic E-state index is 0.226. The van der Waals surface area contributed by atoms with Crippen LogP contribution in [0.4, 0.5) is 22.0 Å². The second-order valence-corrected chi connectivity index (χ2v) is 12.1. The fourth-order valence-corrected chi connectivity index (χ4v) is 6.39. The summed E-state index contributed by atoms with van der Waals surface area (Å²) < 4.78 is 69.7. The van der Waals surface area contributed by atoms with Gasteiger partial charge < -0.3 is 0 Å². The number of benzene rings is 2. The van der Waals surface area contributed by atoms with Gasteiger partial charge in [0.15, 0.2) is 0 Å². The topological polar surface area (TPSA) is 25.8 Å². The van der Waals surface area contributed by atoms with E-state index >= 15 is 4.39 Å². The van der Waals surface area contributed by atoms with Crippen molar-refractivity contribution >= 4 is 0 Å². The maximum Gasteiger partial charge on any atom is 0.422 e. The highest BCUT2D eigenvalue weighted by atomic mass is 19.4. The van der Waals surface area contributed by atoms with Crippen molar-refractivity contribution < 1.29 is 22.0 Å². The monoisotopic (exact) mass is 534 g/mol. The Kier molecular flexibility index (Phi) is 5.09. The molecule has 0 atom stereocenters. The Labute approximate surface area is 224 Å². The van der Waals surface area contributed by atoms with Gasteiger partial charge in [0.2, 0.25) is 0 Å². The minimum Gasteiger partial charge on any atom is -0.256 e. The van der Waals surface area contributed by atoms with Crippen molar-refractivity contribution in [3.05, 3.63) is 105 Å². The van der Waals surface area contributed by atoms with Crippen LogP contribution in [-0.4, -0.2) is 9.97 Å². The smallest absolute Gasteiger partial charge is 0.256 e. The Morgan fingerprint density at radius 2 is 1.33 bits per heavy atom. The third-order valence-electron chi connectivity index (χ3n) is 8.75. The van der Waals surface area contributed by atoms with Gasteiger partial charge in [0.25, 0.3) is 0 Å². The summed E-state index contributed by atoms with van der Waals surface area (Å²) in [5, 5.41) is 0. The molecule has 0 spiro atoms. The van der Waals surface area contributed by atoms with Crippen LogP contribution >= 0.6 is 0 Å². The van der Waals surface area contributed by atoms with Crippen LogP contribution in [0.3, 0.4) is 0 Å². The number of halogens is 5. The lowest BCUT2D eigenvalue weighted by Gasteiger charge is -2.28. The highest BCUT2D eigenvalue weighted by molar-refractivity contribution is 5.87. The van der Waals surface area contributed by atoms with Gasteiger partial charge in [-0.1, -0.05) is 65.8 Å². The third kappa shape index (κ3) is 3.38. The zero-order valence-electron chi connectivity index (χ0n) is 22.5. The van der Waals surface area contributed by atoms with Crippen molar-refractivity contribution in [1.82, 2.24) is 9.97 Å². The second-order valence-electron chi connectivity index (χ2n) is 12.1. The lowest BCUT2D eigenvalue weighted by molar-refractivity contribution is -0.142. The Morgan fingerprint density at radius 1 is 0.718 bits per heavy atom. The van der Waals surface area contributed by atoms with Crippen molar-refractivity contribution in [2.45, 2.75) is 64.0 Å². The van der Waals surface area contributed by atoms with Gasteiger partial charge in [-0.25, -0.2) is 8.78 Å². The van der Waals surface area contributed by atoms with E-state index < -0.39 is 28.8 Å². The molecule has 0 amide bonds. The molecule has 4 aromatic rings. The Balaban J connectivity index is 1.55. The minimum atomic E-state index is -5.16. The van der Waals surface area contributed by atoms with Gasteiger partial charge in [-0.3, -0.25) is 9.97 Å². The predicted molar refractivity (Wildman–Crippen MR) is 141 cm³/mol. The highest BCUT2D eigenvalue weighted by Crippen LogP contribution is 2.55. The van der Waals surface area contributed by atoms with Gasteiger partial charge in [0.1, 0.15) is 17.2 Å². The van der Waals surface area contributed by atoms with Crippen LogP contribution in [0.2, 0.25) is 0 Å². The van der Waals surface area contributed by atoms with Crippen LogP contribution in [0.1, 0.15) is 80.6 Å². The summed E-state index contributed by atoms with van der Waals surface area (Å²) in [4.78, 5) is 9.62. The van der Waals surface area contributed by atoms with Gasteiger partial charge in [-0.05, 0) is 46.5 Å². The van der Waals surface area contributed by atoms with Gasteiger partial charge >= 0.3 is 6.18 Å². The highest BCUT2D eigenvalue weighted by Gasteiger charge is 2.44. The molecule has 0 bridgehead atoms. The van der Waals surface area contributed by atoms with Gasteiger partial charge in [-0.15, -0.1) is 0 Å². The fourth-order valence-electron chi connectivity index (χ4n) is 6.39. The molecule has 0 fully saturated rings. The van der Waals surface area contributed by atoms with Crippen molar-refractivity contribution in [3.63, 3.8) is 0 Å². The molecule has 0 radical (unpaired) electrons. The molecular formula is C32H27F5N2. The van der Waals surface area contributed by atoms with E-state index in [1.54, 1.807) is 26.1 Å². The first kappa shape index (κ1) is 25.7. The van der Waals surface area contributed by atoms with Crippen molar-refractivity contribution in [2.24, 2.45) is 0 Å². The molecule has 6 rings (SSSR count). The number of rotatable bonds is 2. The molecule has 7 heteroatoms. The third-order valence-corrected chi connectivity index (χ3v) is 8.75. The molecule has 2 aliphatic rings. The molecule has 2 aliphatic carbocycles. The first-order valence-corrected chi connectivity index (χ1v) is 12.8. The van der Waals surface area contributed by atoms with E-state index in [9.17, 15) is 17.6 Å². The number of alkyl halides is 3. The zero-order chi connectivity index (χ0) is 28.3. The SMILES string of the molecule is CC(C)(c1ccc2c(n1)-c1cc3c(cc1C2(C)C)C(C)(C)c1cccnc1-3)c1ccc(F)c(C(F)(F)F)c1F. The van der Waals surface area contributed by atoms with Crippen molar-refractivity contribution in [2.75, 3.05) is 0 Å². The molecule has 2 aromatic heterocycles. The number of pyridine rings is 2. The number of aromatic nitrogens is 2. The standard InChI is InChI=1S/C32H27F5N2/c1-29(2)19-8-7-13-38-27(19)16-14-17-22(15-21(16)29)30(3,4)20-10-12-24(39-28(17)20)31(5,6)18-9-11-23(33)25(26(18)34)32(35,36)37/h7-15H,1-6H3. The summed E-state index contributed by atoms with van der Waals surface area (Å²) >= 11 is 0. The van der Waals surface area contributed by atoms with E-state index in [4.69, 9.17) is 4.98 Å². The van der Waals surface area contributed by atoms with Gasteiger partial charge in [0.05, 0.1) is 17.1 Å². The molecule has 0 N–H and O–H groups in total. The van der Waals surface area contributed by atoms with E-state index in [1.165, 1.54) is 5.56 Å². The summed E-state index contributed by atoms with van der Waals surface area (Å²) in [5.41, 5.74) is 4.38. The quantitative estimate of drug-likeness (QED) is 0.240. The zero-order valence-corrected chi connectivity index (χ0v) is 22.5. The molecule has 2 heterocycles. The lowest BCUT2D eigenvalue weighted by atomic mass is 9.77. The fraction of sp³-hybridized carbons (Fsp3) is 0.312. The van der Waals surface area contributed by atoms with E-state index in [0.29, 0.717) is 17.5 Å². The summed E-state index contributed by atoms with van der Waals surface area (Å²) in [6.45, 7) is 11.8. The van der Waals surface area contributed by atoms with Crippen LogP contribution in [-0.2, 0) is 22.4 Å².